The molecular weight excluding hydrogens is 202 g/mol. The fraction of sp³-hybridized carbons (Fsp3) is 0. The van der Waals surface area contributed by atoms with Crippen LogP contribution in [-0.4, -0.2) is 13.4 Å². The summed E-state index contributed by atoms with van der Waals surface area (Å²) in [6.45, 7) is 0. The van der Waals surface area contributed by atoms with E-state index in [-0.39, 0.29) is 4.90 Å². The number of hydrogen-bond acceptors (Lipinski definition) is 4. The zero-order valence-corrected chi connectivity index (χ0v) is 7.98. The average molecular weight is 209 g/mol. The maximum absolute atomic E-state index is 10.6. The minimum Gasteiger partial charge on any atom is -0.445 e. The quantitative estimate of drug-likeness (QED) is 0.757. The molecule has 0 amide bonds. The van der Waals surface area contributed by atoms with E-state index >= 15 is 0 Å². The maximum Gasteiger partial charge on any atom is 0.225 e. The average Bonchev–Trinajstić information content (AvgIpc) is 2.71. The molecule has 2 rings (SSSR count). The molecule has 1 aromatic carbocycles. The SMILES string of the molecule is O=[SH](=O)c1ccc(-c2ncco2)cc1. The van der Waals surface area contributed by atoms with Crippen LogP contribution in [0, 0.1) is 0 Å². The molecule has 0 spiro atoms. The summed E-state index contributed by atoms with van der Waals surface area (Å²) >= 11 is 0. The minimum atomic E-state index is -2.52. The maximum atomic E-state index is 10.6. The van der Waals surface area contributed by atoms with Gasteiger partial charge in [-0.25, -0.2) is 13.4 Å². The molecule has 0 unspecified atom stereocenters. The van der Waals surface area contributed by atoms with Crippen LogP contribution in [-0.2, 0) is 10.7 Å². The van der Waals surface area contributed by atoms with E-state index < -0.39 is 10.7 Å². The van der Waals surface area contributed by atoms with E-state index in [1.807, 2.05) is 0 Å². The molecule has 0 bridgehead atoms. The fourth-order valence-corrected chi connectivity index (χ4v) is 1.48. The first kappa shape index (κ1) is 8.96. The number of hydrogen-bond donors (Lipinski definition) is 1. The van der Waals surface area contributed by atoms with Crippen LogP contribution in [0.3, 0.4) is 0 Å². The molecule has 0 aliphatic carbocycles. The molecule has 0 aliphatic rings. The summed E-state index contributed by atoms with van der Waals surface area (Å²) in [6, 6.07) is 6.36. The van der Waals surface area contributed by atoms with Gasteiger partial charge in [-0.05, 0) is 24.3 Å². The van der Waals surface area contributed by atoms with Gasteiger partial charge in [-0.3, -0.25) is 0 Å². The molecule has 1 aromatic heterocycles. The van der Waals surface area contributed by atoms with Crippen molar-refractivity contribution in [3.63, 3.8) is 0 Å². The lowest BCUT2D eigenvalue weighted by molar-refractivity contribution is 0.574. The predicted octanol–water partition coefficient (Wildman–Crippen LogP) is 1.31. The molecule has 0 aliphatic heterocycles. The molecule has 4 nitrogen and oxygen atoms in total. The van der Waals surface area contributed by atoms with Crippen LogP contribution < -0.4 is 0 Å². The standard InChI is InChI=1S/C9H7NO3S/c11-14(12)8-3-1-7(2-4-8)9-10-5-6-13-9/h1-6,14H. The summed E-state index contributed by atoms with van der Waals surface area (Å²) in [7, 11) is -2.52. The smallest absolute Gasteiger partial charge is 0.225 e. The van der Waals surface area contributed by atoms with Gasteiger partial charge in [-0.15, -0.1) is 0 Å². The third-order valence-electron chi connectivity index (χ3n) is 1.76. The van der Waals surface area contributed by atoms with Crippen molar-refractivity contribution in [2.45, 2.75) is 4.90 Å². The molecular formula is C9H7NO3S. The lowest BCUT2D eigenvalue weighted by Gasteiger charge is -1.94. The number of aromatic nitrogens is 1. The van der Waals surface area contributed by atoms with Crippen LogP contribution in [0.25, 0.3) is 11.5 Å². The largest absolute Gasteiger partial charge is 0.445 e. The van der Waals surface area contributed by atoms with Gasteiger partial charge in [0, 0.05) is 5.56 Å². The van der Waals surface area contributed by atoms with Gasteiger partial charge in [-0.1, -0.05) is 0 Å². The first-order valence-electron chi connectivity index (χ1n) is 3.92. The van der Waals surface area contributed by atoms with E-state index in [0.717, 1.165) is 5.56 Å². The molecule has 0 atom stereocenters. The van der Waals surface area contributed by atoms with Crippen LogP contribution in [0.2, 0.25) is 0 Å². The van der Waals surface area contributed by atoms with Crippen LogP contribution in [0.1, 0.15) is 0 Å². The molecule has 2 aromatic rings. The van der Waals surface area contributed by atoms with Gasteiger partial charge >= 0.3 is 0 Å². The number of oxazole rings is 1. The van der Waals surface area contributed by atoms with E-state index in [1.165, 1.54) is 24.6 Å². The highest BCUT2D eigenvalue weighted by atomic mass is 32.2. The Labute approximate surface area is 82.2 Å². The van der Waals surface area contributed by atoms with Gasteiger partial charge < -0.3 is 4.42 Å². The number of nitrogens with zero attached hydrogens (tertiary/aromatic N) is 1. The molecule has 0 saturated carbocycles. The molecule has 0 N–H and O–H groups in total. The second kappa shape index (κ2) is 3.63. The predicted molar refractivity (Wildman–Crippen MR) is 50.5 cm³/mol. The van der Waals surface area contributed by atoms with E-state index in [0.29, 0.717) is 5.89 Å². The first-order chi connectivity index (χ1) is 6.77. The first-order valence-corrected chi connectivity index (χ1v) is 5.09. The molecule has 0 saturated heterocycles. The zero-order chi connectivity index (χ0) is 9.97. The lowest BCUT2D eigenvalue weighted by Crippen LogP contribution is -1.81. The van der Waals surface area contributed by atoms with Crippen molar-refractivity contribution in [2.75, 3.05) is 0 Å². The van der Waals surface area contributed by atoms with E-state index in [9.17, 15) is 8.42 Å². The summed E-state index contributed by atoms with van der Waals surface area (Å²) in [5.74, 6) is 0.484. The Morgan fingerprint density at radius 1 is 1.14 bits per heavy atom. The van der Waals surface area contributed by atoms with Crippen molar-refractivity contribution in [3.8, 4) is 11.5 Å². The van der Waals surface area contributed by atoms with Gasteiger partial charge in [0.05, 0.1) is 11.1 Å². The number of benzene rings is 1. The van der Waals surface area contributed by atoms with Gasteiger partial charge in [0.1, 0.15) is 6.26 Å². The Morgan fingerprint density at radius 2 is 1.86 bits per heavy atom. The van der Waals surface area contributed by atoms with Crippen molar-refractivity contribution < 1.29 is 12.8 Å². The molecule has 14 heavy (non-hydrogen) atoms. The van der Waals surface area contributed by atoms with Crippen molar-refractivity contribution >= 4 is 10.7 Å². The second-order valence-corrected chi connectivity index (χ2v) is 3.67. The van der Waals surface area contributed by atoms with E-state index in [1.54, 1.807) is 12.1 Å². The van der Waals surface area contributed by atoms with Crippen LogP contribution in [0.5, 0.6) is 0 Å². The normalized spacial score (nSPS) is 10.6. The lowest BCUT2D eigenvalue weighted by atomic mass is 10.2. The van der Waals surface area contributed by atoms with Gasteiger partial charge in [0.2, 0.25) is 5.89 Å². The Bertz CT molecular complexity index is 477. The van der Waals surface area contributed by atoms with Crippen molar-refractivity contribution in [2.24, 2.45) is 0 Å². The summed E-state index contributed by atoms with van der Waals surface area (Å²) in [5.41, 5.74) is 0.760. The van der Waals surface area contributed by atoms with Crippen molar-refractivity contribution in [3.05, 3.63) is 36.7 Å². The Balaban J connectivity index is 2.40. The molecule has 1 heterocycles. The van der Waals surface area contributed by atoms with Crippen molar-refractivity contribution in [1.29, 1.82) is 0 Å². The minimum absolute atomic E-state index is 0.287. The highest BCUT2D eigenvalue weighted by Crippen LogP contribution is 2.17. The summed E-state index contributed by atoms with van der Waals surface area (Å²) < 4.78 is 26.3. The van der Waals surface area contributed by atoms with Gasteiger partial charge in [-0.2, -0.15) is 0 Å². The molecule has 72 valence electrons. The van der Waals surface area contributed by atoms with Gasteiger partial charge in [0.25, 0.3) is 0 Å². The van der Waals surface area contributed by atoms with Crippen LogP contribution >= 0.6 is 0 Å². The number of thiol groups is 1. The van der Waals surface area contributed by atoms with Crippen molar-refractivity contribution in [1.82, 2.24) is 4.98 Å². The van der Waals surface area contributed by atoms with Crippen LogP contribution in [0.4, 0.5) is 0 Å². The van der Waals surface area contributed by atoms with E-state index in [2.05, 4.69) is 4.98 Å². The highest BCUT2D eigenvalue weighted by molar-refractivity contribution is 7.72. The third kappa shape index (κ3) is 1.67. The molecule has 5 heteroatoms. The topological polar surface area (TPSA) is 60.2 Å². The molecule has 0 fully saturated rings. The van der Waals surface area contributed by atoms with Gasteiger partial charge in [0.15, 0.2) is 10.7 Å². The highest BCUT2D eigenvalue weighted by Gasteiger charge is 2.02. The number of rotatable bonds is 2. The van der Waals surface area contributed by atoms with E-state index in [4.69, 9.17) is 4.42 Å². The van der Waals surface area contributed by atoms with Crippen LogP contribution in [0.15, 0.2) is 46.0 Å². The summed E-state index contributed by atoms with van der Waals surface area (Å²) in [6.07, 6.45) is 3.01. The third-order valence-corrected chi connectivity index (χ3v) is 2.48. The second-order valence-electron chi connectivity index (χ2n) is 2.64. The Morgan fingerprint density at radius 3 is 2.36 bits per heavy atom. The Hall–Kier alpha value is -1.62. The summed E-state index contributed by atoms with van der Waals surface area (Å²) in [4.78, 5) is 4.23. The zero-order valence-electron chi connectivity index (χ0n) is 7.08. The summed E-state index contributed by atoms with van der Waals surface area (Å²) in [5, 5.41) is 0. The monoisotopic (exact) mass is 209 g/mol. The molecule has 0 radical (unpaired) electrons. The fourth-order valence-electron chi connectivity index (χ4n) is 1.09. The Kier molecular flexibility index (Phi) is 2.32.